The van der Waals surface area contributed by atoms with Gasteiger partial charge in [-0.2, -0.15) is 0 Å². The Morgan fingerprint density at radius 3 is 2.56 bits per heavy atom. The number of nitrogens with zero attached hydrogens (tertiary/aromatic N) is 1. The van der Waals surface area contributed by atoms with Gasteiger partial charge in [-0.1, -0.05) is 0 Å². The second-order valence-electron chi connectivity index (χ2n) is 6.72. The van der Waals surface area contributed by atoms with Crippen molar-refractivity contribution in [2.45, 2.75) is 44.2 Å². The van der Waals surface area contributed by atoms with Gasteiger partial charge in [-0.25, -0.2) is 9.18 Å². The van der Waals surface area contributed by atoms with Crippen LogP contribution in [-0.2, 0) is 4.79 Å². The van der Waals surface area contributed by atoms with E-state index in [-0.39, 0.29) is 29.8 Å². The zero-order valence-electron chi connectivity index (χ0n) is 14.3. The van der Waals surface area contributed by atoms with E-state index in [2.05, 4.69) is 20.9 Å². The average molecular weight is 348 g/mol. The molecule has 6 nitrogen and oxygen atoms in total. The van der Waals surface area contributed by atoms with Gasteiger partial charge in [0.15, 0.2) is 0 Å². The highest BCUT2D eigenvalue weighted by molar-refractivity contribution is 5.89. The minimum atomic E-state index is -0.333. The summed E-state index contributed by atoms with van der Waals surface area (Å²) < 4.78 is 12.9. The number of urea groups is 1. The number of likely N-dealkylation sites (tertiary alicyclic amines) is 1. The highest BCUT2D eigenvalue weighted by Gasteiger charge is 2.30. The smallest absolute Gasteiger partial charge is 0.319 e. The van der Waals surface area contributed by atoms with E-state index in [9.17, 15) is 14.0 Å². The lowest BCUT2D eigenvalue weighted by Crippen LogP contribution is -2.52. The van der Waals surface area contributed by atoms with Gasteiger partial charge >= 0.3 is 6.03 Å². The molecule has 2 fully saturated rings. The molecule has 3 rings (SSSR count). The van der Waals surface area contributed by atoms with Crippen LogP contribution in [0.1, 0.15) is 32.1 Å². The molecule has 1 aromatic rings. The van der Waals surface area contributed by atoms with E-state index < -0.39 is 0 Å². The summed E-state index contributed by atoms with van der Waals surface area (Å²) in [6.45, 7) is 2.38. The molecule has 3 N–H and O–H groups in total. The SMILES string of the molecule is O=C(Nc1ccc(F)cc1)NC1CCN(C2CCCCNC2=O)CC1. The summed E-state index contributed by atoms with van der Waals surface area (Å²) in [7, 11) is 0. The van der Waals surface area contributed by atoms with Crippen molar-refractivity contribution in [3.05, 3.63) is 30.1 Å². The van der Waals surface area contributed by atoms with E-state index in [1.807, 2.05) is 0 Å². The maximum Gasteiger partial charge on any atom is 0.319 e. The third kappa shape index (κ3) is 4.92. The number of hydrogen-bond acceptors (Lipinski definition) is 3. The van der Waals surface area contributed by atoms with Crippen molar-refractivity contribution in [2.75, 3.05) is 25.0 Å². The fraction of sp³-hybridized carbons (Fsp3) is 0.556. The summed E-state index contributed by atoms with van der Waals surface area (Å²) >= 11 is 0. The summed E-state index contributed by atoms with van der Waals surface area (Å²) in [5.74, 6) is -0.196. The van der Waals surface area contributed by atoms with E-state index in [4.69, 9.17) is 0 Å². The van der Waals surface area contributed by atoms with Crippen LogP contribution in [-0.4, -0.2) is 48.6 Å². The lowest BCUT2D eigenvalue weighted by atomic mass is 10.0. The second-order valence-corrected chi connectivity index (χ2v) is 6.72. The number of nitrogens with one attached hydrogen (secondary N) is 3. The molecule has 0 radical (unpaired) electrons. The molecule has 2 saturated heterocycles. The molecule has 1 unspecified atom stereocenters. The quantitative estimate of drug-likeness (QED) is 0.783. The van der Waals surface area contributed by atoms with Crippen LogP contribution in [0, 0.1) is 5.82 Å². The Kier molecular flexibility index (Phi) is 5.86. The molecule has 3 amide bonds. The van der Waals surface area contributed by atoms with Crippen LogP contribution in [0.15, 0.2) is 24.3 Å². The number of piperidine rings is 1. The molecule has 0 saturated carbocycles. The van der Waals surface area contributed by atoms with Crippen molar-refractivity contribution in [3.8, 4) is 0 Å². The van der Waals surface area contributed by atoms with Gasteiger partial charge in [-0.15, -0.1) is 0 Å². The zero-order chi connectivity index (χ0) is 17.6. The monoisotopic (exact) mass is 348 g/mol. The molecule has 1 atom stereocenters. The standard InChI is InChI=1S/C18H25FN4O2/c19-13-4-6-14(7-5-13)21-18(25)22-15-8-11-23(12-9-15)16-3-1-2-10-20-17(16)24/h4-7,15-16H,1-3,8-12H2,(H,20,24)(H2,21,22,25). The van der Waals surface area contributed by atoms with Crippen LogP contribution >= 0.6 is 0 Å². The maximum atomic E-state index is 12.9. The topological polar surface area (TPSA) is 73.5 Å². The summed E-state index contributed by atoms with van der Waals surface area (Å²) in [5.41, 5.74) is 0.562. The van der Waals surface area contributed by atoms with Gasteiger partial charge in [-0.05, 0) is 56.4 Å². The first-order valence-electron chi connectivity index (χ1n) is 8.96. The number of hydrogen-bond donors (Lipinski definition) is 3. The van der Waals surface area contributed by atoms with Gasteiger partial charge in [0.05, 0.1) is 6.04 Å². The molecule has 2 aliphatic heterocycles. The van der Waals surface area contributed by atoms with Crippen LogP contribution in [0.3, 0.4) is 0 Å². The number of anilines is 1. The van der Waals surface area contributed by atoms with Gasteiger partial charge in [0.1, 0.15) is 5.82 Å². The number of carbonyl (C=O) groups is 2. The second kappa shape index (κ2) is 8.29. The van der Waals surface area contributed by atoms with Crippen molar-refractivity contribution in [2.24, 2.45) is 0 Å². The largest absolute Gasteiger partial charge is 0.355 e. The van der Waals surface area contributed by atoms with Crippen molar-refractivity contribution < 1.29 is 14.0 Å². The molecule has 0 aliphatic carbocycles. The summed E-state index contributed by atoms with van der Waals surface area (Å²) in [6, 6.07) is 5.46. The molecule has 2 aliphatic rings. The van der Waals surface area contributed by atoms with Crippen LogP contribution in [0.4, 0.5) is 14.9 Å². The van der Waals surface area contributed by atoms with E-state index in [1.54, 1.807) is 0 Å². The van der Waals surface area contributed by atoms with Crippen molar-refractivity contribution in [3.63, 3.8) is 0 Å². The lowest BCUT2D eigenvalue weighted by molar-refractivity contribution is -0.126. The number of carbonyl (C=O) groups excluding carboxylic acids is 2. The van der Waals surface area contributed by atoms with Crippen molar-refractivity contribution in [1.82, 2.24) is 15.5 Å². The van der Waals surface area contributed by atoms with Gasteiger partial charge < -0.3 is 16.0 Å². The third-order valence-electron chi connectivity index (χ3n) is 4.91. The van der Waals surface area contributed by atoms with Crippen LogP contribution < -0.4 is 16.0 Å². The number of benzene rings is 1. The highest BCUT2D eigenvalue weighted by atomic mass is 19.1. The van der Waals surface area contributed by atoms with Crippen LogP contribution in [0.2, 0.25) is 0 Å². The van der Waals surface area contributed by atoms with Crippen LogP contribution in [0.5, 0.6) is 0 Å². The molecule has 25 heavy (non-hydrogen) atoms. The van der Waals surface area contributed by atoms with Crippen molar-refractivity contribution >= 4 is 17.6 Å². The average Bonchev–Trinajstić information content (AvgIpc) is 2.82. The zero-order valence-corrected chi connectivity index (χ0v) is 14.3. The Balaban J connectivity index is 1.44. The minimum absolute atomic E-state index is 0.0310. The van der Waals surface area contributed by atoms with Crippen molar-refractivity contribution in [1.29, 1.82) is 0 Å². The fourth-order valence-corrected chi connectivity index (χ4v) is 3.51. The normalized spacial score (nSPS) is 22.8. The van der Waals surface area contributed by atoms with Gasteiger partial charge in [0.25, 0.3) is 0 Å². The predicted molar refractivity (Wildman–Crippen MR) is 93.8 cm³/mol. The molecule has 2 heterocycles. The number of amides is 3. The minimum Gasteiger partial charge on any atom is -0.355 e. The molecule has 1 aromatic carbocycles. The first-order valence-corrected chi connectivity index (χ1v) is 8.96. The molecular formula is C18H25FN4O2. The van der Waals surface area contributed by atoms with E-state index in [0.29, 0.717) is 5.69 Å². The van der Waals surface area contributed by atoms with Gasteiger partial charge in [0.2, 0.25) is 5.91 Å². The Labute approximate surface area is 147 Å². The predicted octanol–water partition coefficient (Wildman–Crippen LogP) is 2.08. The lowest BCUT2D eigenvalue weighted by Gasteiger charge is -2.36. The third-order valence-corrected chi connectivity index (χ3v) is 4.91. The first-order chi connectivity index (χ1) is 12.1. The Hall–Kier alpha value is -2.15. The molecular weight excluding hydrogens is 323 g/mol. The molecule has 7 heteroatoms. The summed E-state index contributed by atoms with van der Waals surface area (Å²) in [4.78, 5) is 26.4. The molecule has 0 bridgehead atoms. The fourth-order valence-electron chi connectivity index (χ4n) is 3.51. The van der Waals surface area contributed by atoms with E-state index >= 15 is 0 Å². The Bertz CT molecular complexity index is 600. The molecule has 136 valence electrons. The maximum absolute atomic E-state index is 12.9. The van der Waals surface area contributed by atoms with E-state index in [0.717, 1.165) is 51.7 Å². The highest BCUT2D eigenvalue weighted by Crippen LogP contribution is 2.19. The van der Waals surface area contributed by atoms with Crippen LogP contribution in [0.25, 0.3) is 0 Å². The Morgan fingerprint density at radius 2 is 1.84 bits per heavy atom. The summed E-state index contributed by atoms with van der Waals surface area (Å²) in [6.07, 6.45) is 4.67. The van der Waals surface area contributed by atoms with E-state index in [1.165, 1.54) is 24.3 Å². The number of rotatable bonds is 3. The molecule has 0 spiro atoms. The molecule has 0 aromatic heterocycles. The Morgan fingerprint density at radius 1 is 1.12 bits per heavy atom. The first kappa shape index (κ1) is 17.7. The number of halogens is 1. The van der Waals surface area contributed by atoms with Gasteiger partial charge in [-0.3, -0.25) is 9.69 Å². The summed E-state index contributed by atoms with van der Waals surface area (Å²) in [5, 5.41) is 8.65. The van der Waals surface area contributed by atoms with Gasteiger partial charge in [0, 0.05) is 31.4 Å².